The van der Waals surface area contributed by atoms with Crippen molar-refractivity contribution in [2.45, 2.75) is 52.2 Å². The third kappa shape index (κ3) is 7.80. The van der Waals surface area contributed by atoms with Crippen molar-refractivity contribution in [3.8, 4) is 0 Å². The highest BCUT2D eigenvalue weighted by atomic mass is 28.4. The smallest absolute Gasteiger partial charge is 0.377 e. The maximum Gasteiger partial charge on any atom is 0.500 e. The maximum absolute atomic E-state index is 5.44. The fourth-order valence-electron chi connectivity index (χ4n) is 1.94. The number of hydrogen-bond acceptors (Lipinski definition) is 4. The van der Waals surface area contributed by atoms with Crippen molar-refractivity contribution >= 4 is 14.8 Å². The monoisotopic (exact) mass is 319 g/mol. The van der Waals surface area contributed by atoms with Crippen molar-refractivity contribution in [3.63, 3.8) is 0 Å². The van der Waals surface area contributed by atoms with Crippen molar-refractivity contribution in [1.29, 1.82) is 0 Å². The van der Waals surface area contributed by atoms with Gasteiger partial charge in [-0.05, 0) is 34.1 Å². The lowest BCUT2D eigenvalue weighted by Gasteiger charge is -2.27. The molecule has 21 heavy (non-hydrogen) atoms. The predicted molar refractivity (Wildman–Crippen MR) is 89.7 cm³/mol. The van der Waals surface area contributed by atoms with Crippen molar-refractivity contribution in [2.24, 2.45) is 4.99 Å². The first kappa shape index (κ1) is 20.4. The number of rotatable bonds is 9. The van der Waals surface area contributed by atoms with Gasteiger partial charge in [0.2, 0.25) is 0 Å². The molecule has 0 radical (unpaired) electrons. The molecule has 0 amide bonds. The number of aliphatic imine (C=N–C) groups is 1. The highest BCUT2D eigenvalue weighted by molar-refractivity contribution is 6.60. The first-order chi connectivity index (χ1) is 9.80. The molecule has 0 aliphatic rings. The number of hydrogen-bond donors (Lipinski definition) is 1. The van der Waals surface area contributed by atoms with Gasteiger partial charge in [0.05, 0.1) is 0 Å². The Balaban J connectivity index is 4.53. The standard InChI is InChI=1S/C14H33N3O3Si/c1-12(2)15-14(16-13(3)4)17(5)10-9-11-21(18-6,19-7)20-8/h12-13H,9-11H2,1-8H3,(H,15,16). The van der Waals surface area contributed by atoms with Crippen LogP contribution in [0.25, 0.3) is 0 Å². The van der Waals surface area contributed by atoms with Crippen molar-refractivity contribution in [3.05, 3.63) is 0 Å². The number of guanidine groups is 1. The van der Waals surface area contributed by atoms with Crippen LogP contribution in [0.15, 0.2) is 4.99 Å². The zero-order chi connectivity index (χ0) is 16.5. The molecule has 0 unspecified atom stereocenters. The second-order valence-corrected chi connectivity index (χ2v) is 8.76. The molecule has 0 aromatic rings. The zero-order valence-corrected chi connectivity index (χ0v) is 15.9. The highest BCUT2D eigenvalue weighted by Crippen LogP contribution is 2.15. The minimum atomic E-state index is -2.47. The average molecular weight is 320 g/mol. The summed E-state index contributed by atoms with van der Waals surface area (Å²) in [6, 6.07) is 1.41. The average Bonchev–Trinajstić information content (AvgIpc) is 2.42. The van der Waals surface area contributed by atoms with Gasteiger partial charge in [-0.3, -0.25) is 4.99 Å². The van der Waals surface area contributed by atoms with Gasteiger partial charge in [-0.1, -0.05) is 0 Å². The van der Waals surface area contributed by atoms with E-state index in [1.54, 1.807) is 21.3 Å². The molecule has 0 heterocycles. The normalized spacial score (nSPS) is 13.1. The molecule has 126 valence electrons. The van der Waals surface area contributed by atoms with Crippen molar-refractivity contribution < 1.29 is 13.3 Å². The molecule has 0 rings (SSSR count). The summed E-state index contributed by atoms with van der Waals surface area (Å²) in [6.07, 6.45) is 0.926. The Morgan fingerprint density at radius 3 is 2.00 bits per heavy atom. The molecule has 0 atom stereocenters. The second kappa shape index (κ2) is 10.2. The van der Waals surface area contributed by atoms with Crippen LogP contribution in [-0.2, 0) is 13.3 Å². The predicted octanol–water partition coefficient (Wildman–Crippen LogP) is 1.95. The second-order valence-electron chi connectivity index (χ2n) is 5.67. The molecule has 0 fully saturated rings. The largest absolute Gasteiger partial charge is 0.500 e. The van der Waals surface area contributed by atoms with E-state index in [0.717, 1.165) is 25.0 Å². The molecule has 0 spiro atoms. The van der Waals surface area contributed by atoms with Crippen LogP contribution in [-0.4, -0.2) is 66.7 Å². The van der Waals surface area contributed by atoms with E-state index in [2.05, 4.69) is 42.9 Å². The minimum Gasteiger partial charge on any atom is -0.377 e. The summed E-state index contributed by atoms with van der Waals surface area (Å²) in [5, 5.41) is 3.39. The highest BCUT2D eigenvalue weighted by Gasteiger charge is 2.37. The van der Waals surface area contributed by atoms with E-state index >= 15 is 0 Å². The molecular formula is C14H33N3O3Si. The third-order valence-electron chi connectivity index (χ3n) is 3.07. The van der Waals surface area contributed by atoms with Crippen molar-refractivity contribution in [1.82, 2.24) is 10.2 Å². The summed E-state index contributed by atoms with van der Waals surface area (Å²) >= 11 is 0. The van der Waals surface area contributed by atoms with Gasteiger partial charge >= 0.3 is 8.80 Å². The third-order valence-corrected chi connectivity index (χ3v) is 5.90. The summed E-state index contributed by atoms with van der Waals surface area (Å²) in [6.45, 7) is 9.25. The molecule has 0 saturated heterocycles. The minimum absolute atomic E-state index is 0.263. The van der Waals surface area contributed by atoms with Gasteiger partial charge in [0.1, 0.15) is 0 Å². The van der Waals surface area contributed by atoms with Gasteiger partial charge < -0.3 is 23.5 Å². The molecule has 0 aromatic heterocycles. The molecule has 0 saturated carbocycles. The topological polar surface area (TPSA) is 55.3 Å². The first-order valence-electron chi connectivity index (χ1n) is 7.51. The quantitative estimate of drug-likeness (QED) is 0.400. The van der Waals surface area contributed by atoms with Gasteiger partial charge in [0.15, 0.2) is 5.96 Å². The summed E-state index contributed by atoms with van der Waals surface area (Å²) < 4.78 is 16.3. The van der Waals surface area contributed by atoms with Crippen LogP contribution in [0.3, 0.4) is 0 Å². The zero-order valence-electron chi connectivity index (χ0n) is 14.9. The molecular weight excluding hydrogens is 286 g/mol. The van der Waals surface area contributed by atoms with E-state index in [0.29, 0.717) is 6.04 Å². The maximum atomic E-state index is 5.44. The lowest BCUT2D eigenvalue weighted by molar-refractivity contribution is 0.122. The molecule has 7 heteroatoms. The SMILES string of the molecule is CO[Si](CCCN(C)/C(=N\C(C)C)NC(C)C)(OC)OC. The van der Waals surface area contributed by atoms with Gasteiger partial charge in [-0.25, -0.2) is 0 Å². The van der Waals surface area contributed by atoms with Crippen LogP contribution >= 0.6 is 0 Å². The van der Waals surface area contributed by atoms with E-state index < -0.39 is 8.80 Å². The number of nitrogens with zero attached hydrogens (tertiary/aromatic N) is 2. The van der Waals surface area contributed by atoms with E-state index in [1.807, 2.05) is 7.05 Å². The molecule has 0 aliphatic carbocycles. The van der Waals surface area contributed by atoms with Crippen LogP contribution in [0.1, 0.15) is 34.1 Å². The van der Waals surface area contributed by atoms with E-state index in [4.69, 9.17) is 13.3 Å². The summed E-state index contributed by atoms with van der Waals surface area (Å²) in [7, 11) is 4.52. The van der Waals surface area contributed by atoms with Crippen LogP contribution in [0.5, 0.6) is 0 Å². The lowest BCUT2D eigenvalue weighted by Crippen LogP contribution is -2.45. The Morgan fingerprint density at radius 2 is 1.62 bits per heavy atom. The number of nitrogens with one attached hydrogen (secondary N) is 1. The lowest BCUT2D eigenvalue weighted by atomic mass is 10.4. The van der Waals surface area contributed by atoms with Crippen molar-refractivity contribution in [2.75, 3.05) is 34.9 Å². The molecule has 0 aliphatic heterocycles. The Hall–Kier alpha value is -0.633. The summed E-state index contributed by atoms with van der Waals surface area (Å²) in [5.41, 5.74) is 0. The van der Waals surface area contributed by atoms with Crippen LogP contribution in [0, 0.1) is 0 Å². The van der Waals surface area contributed by atoms with E-state index in [9.17, 15) is 0 Å². The molecule has 1 N–H and O–H groups in total. The van der Waals surface area contributed by atoms with Crippen LogP contribution in [0.4, 0.5) is 0 Å². The fraction of sp³-hybridized carbons (Fsp3) is 0.929. The summed E-state index contributed by atoms with van der Waals surface area (Å²) in [5.74, 6) is 0.930. The Bertz CT molecular complexity index is 300. The van der Waals surface area contributed by atoms with E-state index in [-0.39, 0.29) is 6.04 Å². The Kier molecular flexibility index (Phi) is 9.85. The first-order valence-corrected chi connectivity index (χ1v) is 9.44. The van der Waals surface area contributed by atoms with Gasteiger partial charge in [-0.15, -0.1) is 0 Å². The summed E-state index contributed by atoms with van der Waals surface area (Å²) in [4.78, 5) is 6.78. The molecule has 0 bridgehead atoms. The van der Waals surface area contributed by atoms with Gasteiger partial charge in [0.25, 0.3) is 0 Å². The van der Waals surface area contributed by atoms with Gasteiger partial charge in [-0.2, -0.15) is 0 Å². The Labute approximate surface area is 131 Å². The van der Waals surface area contributed by atoms with Gasteiger partial charge in [0, 0.05) is 53.0 Å². The molecule has 0 aromatic carbocycles. The van der Waals surface area contributed by atoms with Crippen LogP contribution in [0.2, 0.25) is 6.04 Å². The fourth-order valence-corrected chi connectivity index (χ4v) is 3.65. The van der Waals surface area contributed by atoms with E-state index in [1.165, 1.54) is 0 Å². The Morgan fingerprint density at radius 1 is 1.10 bits per heavy atom. The van der Waals surface area contributed by atoms with Crippen LogP contribution < -0.4 is 5.32 Å². The molecule has 6 nitrogen and oxygen atoms in total.